The van der Waals surface area contributed by atoms with Crippen LogP contribution >= 0.6 is 23.1 Å². The zero-order chi connectivity index (χ0) is 24.3. The van der Waals surface area contributed by atoms with E-state index in [1.54, 1.807) is 52.0 Å². The number of anilines is 1. The molecule has 1 aromatic heterocycles. The second-order valence-electron chi connectivity index (χ2n) is 7.67. The lowest BCUT2D eigenvalue weighted by molar-refractivity contribution is -0.385. The number of halogens is 1. The van der Waals surface area contributed by atoms with E-state index in [-0.39, 0.29) is 23.0 Å². The van der Waals surface area contributed by atoms with Crippen LogP contribution in [0.2, 0.25) is 5.02 Å². The van der Waals surface area contributed by atoms with Crippen LogP contribution < -0.4 is 10.2 Å². The summed E-state index contributed by atoms with van der Waals surface area (Å²) in [6, 6.07) is 9.11. The van der Waals surface area contributed by atoms with Gasteiger partial charge in [0.1, 0.15) is 6.04 Å². The van der Waals surface area contributed by atoms with Crippen molar-refractivity contribution >= 4 is 46.3 Å². The number of aryl methyl sites for hydroxylation is 2. The Morgan fingerprint density at radius 2 is 1.88 bits per heavy atom. The number of hydrogen-bond donors (Lipinski definition) is 1. The maximum absolute atomic E-state index is 13.7. The second-order valence-corrected chi connectivity index (χ2v) is 9.03. The smallest absolute Gasteiger partial charge is 0.281 e. The molecule has 3 rings (SSSR count). The summed E-state index contributed by atoms with van der Waals surface area (Å²) in [5.74, 6) is -1.20. The van der Waals surface area contributed by atoms with E-state index in [1.807, 2.05) is 0 Å². The molecule has 0 aliphatic carbocycles. The lowest BCUT2D eigenvalue weighted by Crippen LogP contribution is -2.46. The summed E-state index contributed by atoms with van der Waals surface area (Å²) in [7, 11) is 0. The summed E-state index contributed by atoms with van der Waals surface area (Å²) >= 11 is 7.38. The van der Waals surface area contributed by atoms with Gasteiger partial charge in [-0.3, -0.25) is 24.6 Å². The number of nitro groups is 1. The predicted octanol–water partition coefficient (Wildman–Crippen LogP) is 4.63. The fourth-order valence-electron chi connectivity index (χ4n) is 3.30. The van der Waals surface area contributed by atoms with Gasteiger partial charge in [-0.15, -0.1) is 5.10 Å². The van der Waals surface area contributed by atoms with E-state index >= 15 is 0 Å². The van der Waals surface area contributed by atoms with Gasteiger partial charge in [0.05, 0.1) is 15.4 Å². The van der Waals surface area contributed by atoms with Crippen molar-refractivity contribution in [2.24, 2.45) is 0 Å². The summed E-state index contributed by atoms with van der Waals surface area (Å²) in [4.78, 5) is 40.2. The van der Waals surface area contributed by atoms with Crippen molar-refractivity contribution in [3.63, 3.8) is 0 Å². The van der Waals surface area contributed by atoms with E-state index in [0.29, 0.717) is 15.6 Å². The van der Waals surface area contributed by atoms with Crippen LogP contribution in [0.4, 0.5) is 11.4 Å². The van der Waals surface area contributed by atoms with E-state index in [2.05, 4.69) is 14.9 Å². The molecule has 33 heavy (non-hydrogen) atoms. The molecule has 1 heterocycles. The summed E-state index contributed by atoms with van der Waals surface area (Å²) in [6.45, 7) is 7.01. The molecule has 0 aliphatic rings. The molecular weight excluding hydrogens is 466 g/mol. The highest BCUT2D eigenvalue weighted by molar-refractivity contribution is 7.05. The third-order valence-electron chi connectivity index (χ3n) is 4.87. The zero-order valence-corrected chi connectivity index (χ0v) is 20.0. The third-order valence-corrected chi connectivity index (χ3v) is 5.91. The van der Waals surface area contributed by atoms with Crippen LogP contribution in [0.5, 0.6) is 0 Å². The molecule has 1 atom stereocenters. The molecule has 0 spiro atoms. The highest BCUT2D eigenvalue weighted by Gasteiger charge is 2.39. The third kappa shape index (κ3) is 5.18. The van der Waals surface area contributed by atoms with E-state index in [4.69, 9.17) is 11.6 Å². The molecular formula is C22H22ClN5O4S. The van der Waals surface area contributed by atoms with Crippen molar-refractivity contribution in [1.29, 1.82) is 0 Å². The van der Waals surface area contributed by atoms with Gasteiger partial charge in [0.2, 0.25) is 5.91 Å². The predicted molar refractivity (Wildman–Crippen MR) is 127 cm³/mol. The molecule has 11 heteroatoms. The highest BCUT2D eigenvalue weighted by atomic mass is 35.5. The van der Waals surface area contributed by atoms with Crippen LogP contribution in [-0.2, 0) is 4.79 Å². The van der Waals surface area contributed by atoms with Crippen LogP contribution in [0.1, 0.15) is 46.4 Å². The number of benzene rings is 2. The second kappa shape index (κ2) is 10.1. The number of rotatable bonds is 7. The Balaban J connectivity index is 2.30. The number of carbonyl (C=O) groups is 2. The van der Waals surface area contributed by atoms with Crippen LogP contribution in [-0.4, -0.2) is 32.4 Å². The van der Waals surface area contributed by atoms with Crippen molar-refractivity contribution in [2.45, 2.75) is 39.8 Å². The van der Waals surface area contributed by atoms with Crippen molar-refractivity contribution in [3.05, 3.63) is 79.3 Å². The zero-order valence-electron chi connectivity index (χ0n) is 18.4. The Bertz CT molecular complexity index is 1210. The molecule has 0 fully saturated rings. The molecule has 1 unspecified atom stereocenters. The molecule has 0 aliphatic heterocycles. The van der Waals surface area contributed by atoms with Crippen molar-refractivity contribution < 1.29 is 14.5 Å². The fraction of sp³-hybridized carbons (Fsp3) is 0.273. The molecule has 0 saturated carbocycles. The van der Waals surface area contributed by atoms with Gasteiger partial charge < -0.3 is 5.32 Å². The Labute approximate surface area is 199 Å². The van der Waals surface area contributed by atoms with Gasteiger partial charge in [-0.1, -0.05) is 34.3 Å². The van der Waals surface area contributed by atoms with Gasteiger partial charge >= 0.3 is 0 Å². The fourth-order valence-corrected chi connectivity index (χ4v) is 3.94. The quantitative estimate of drug-likeness (QED) is 0.383. The molecule has 9 nitrogen and oxygen atoms in total. The van der Waals surface area contributed by atoms with Crippen LogP contribution in [0.25, 0.3) is 0 Å². The Kier molecular flexibility index (Phi) is 7.39. The number of para-hydroxylation sites is 1. The van der Waals surface area contributed by atoms with Crippen molar-refractivity contribution in [3.8, 4) is 0 Å². The Morgan fingerprint density at radius 1 is 1.18 bits per heavy atom. The lowest BCUT2D eigenvalue weighted by atomic mass is 10.00. The molecule has 2 aromatic carbocycles. The van der Waals surface area contributed by atoms with E-state index in [9.17, 15) is 19.7 Å². The van der Waals surface area contributed by atoms with Gasteiger partial charge in [-0.2, -0.15) is 0 Å². The number of carbonyl (C=O) groups excluding carboxylic acids is 2. The largest absolute Gasteiger partial charge is 0.352 e. The molecule has 0 radical (unpaired) electrons. The molecule has 0 saturated heterocycles. The average molecular weight is 488 g/mol. The minimum absolute atomic E-state index is 0.0534. The Hall–Kier alpha value is -3.37. The van der Waals surface area contributed by atoms with Gasteiger partial charge in [-0.25, -0.2) is 0 Å². The summed E-state index contributed by atoms with van der Waals surface area (Å²) in [5, 5.41) is 18.9. The van der Waals surface area contributed by atoms with Crippen LogP contribution in [0.15, 0.2) is 42.5 Å². The maximum atomic E-state index is 13.7. The summed E-state index contributed by atoms with van der Waals surface area (Å²) < 4.78 is 3.83. The van der Waals surface area contributed by atoms with Crippen LogP contribution in [0, 0.1) is 24.0 Å². The van der Waals surface area contributed by atoms with E-state index in [1.165, 1.54) is 23.1 Å². The summed E-state index contributed by atoms with van der Waals surface area (Å²) in [6.07, 6.45) is 0. The van der Waals surface area contributed by atoms with Gasteiger partial charge in [0, 0.05) is 22.8 Å². The number of aromatic nitrogens is 2. The molecule has 1 N–H and O–H groups in total. The van der Waals surface area contributed by atoms with Crippen molar-refractivity contribution in [1.82, 2.24) is 14.9 Å². The minimum atomic E-state index is -1.36. The first-order valence-electron chi connectivity index (χ1n) is 10.0. The molecule has 172 valence electrons. The standard InChI is InChI=1S/C22H22ClN5O4S/c1-12(2)24-21(29)20(16-7-5-6-8-18(16)28(31)32)27(15-10-9-13(3)17(23)11-15)22(30)19-14(4)33-26-25-19/h5-12,20H,1-4H3,(H,24,29). The molecule has 0 bridgehead atoms. The van der Waals surface area contributed by atoms with E-state index < -0.39 is 22.8 Å². The average Bonchev–Trinajstić information content (AvgIpc) is 3.19. The van der Waals surface area contributed by atoms with E-state index in [0.717, 1.165) is 17.1 Å². The SMILES string of the molecule is Cc1ccc(N(C(=O)c2nnsc2C)C(C(=O)NC(C)C)c2ccccc2[N+](=O)[O-])cc1Cl. The molecule has 3 aromatic rings. The van der Waals surface area contributed by atoms with Gasteiger partial charge in [-0.05, 0) is 63.0 Å². The number of nitrogens with zero attached hydrogens (tertiary/aromatic N) is 4. The summed E-state index contributed by atoms with van der Waals surface area (Å²) in [5.41, 5.74) is 0.896. The highest BCUT2D eigenvalue weighted by Crippen LogP contribution is 2.36. The lowest BCUT2D eigenvalue weighted by Gasteiger charge is -2.31. The number of hydrogen-bond acceptors (Lipinski definition) is 7. The van der Waals surface area contributed by atoms with Gasteiger partial charge in [0.25, 0.3) is 11.6 Å². The van der Waals surface area contributed by atoms with Crippen LogP contribution in [0.3, 0.4) is 0 Å². The first kappa shape index (κ1) is 24.3. The monoisotopic (exact) mass is 487 g/mol. The minimum Gasteiger partial charge on any atom is -0.352 e. The first-order valence-corrected chi connectivity index (χ1v) is 11.2. The first-order chi connectivity index (χ1) is 15.6. The Morgan fingerprint density at radius 3 is 2.45 bits per heavy atom. The number of amides is 2. The topological polar surface area (TPSA) is 118 Å². The van der Waals surface area contributed by atoms with Crippen molar-refractivity contribution in [2.75, 3.05) is 4.90 Å². The normalized spacial score (nSPS) is 11.8. The number of nitro benzene ring substituents is 1. The maximum Gasteiger partial charge on any atom is 0.281 e. The number of nitrogens with one attached hydrogen (secondary N) is 1. The van der Waals surface area contributed by atoms with Gasteiger partial charge in [0.15, 0.2) is 5.69 Å². The molecule has 2 amide bonds.